The summed E-state index contributed by atoms with van der Waals surface area (Å²) in [5, 5.41) is 9.45. The Morgan fingerprint density at radius 3 is 2.38 bits per heavy atom. The Morgan fingerprint density at radius 1 is 1.38 bits per heavy atom. The Labute approximate surface area is 106 Å². The average Bonchev–Trinajstić information content (AvgIpc) is 2.17. The normalized spacial score (nSPS) is 11.6. The molecule has 1 aromatic carbocycles. The molecule has 0 aliphatic carbocycles. The van der Waals surface area contributed by atoms with Crippen molar-refractivity contribution in [3.05, 3.63) is 34.9 Å². The van der Waals surface area contributed by atoms with Crippen LogP contribution in [0.4, 0.5) is 0 Å². The van der Waals surface area contributed by atoms with Crippen LogP contribution >= 0.6 is 11.6 Å². The van der Waals surface area contributed by atoms with Gasteiger partial charge in [-0.05, 0) is 23.6 Å². The van der Waals surface area contributed by atoms with Crippen LogP contribution < -0.4 is 18.1 Å². The molecule has 0 aromatic heterocycles. The standard InChI is InChI=1S/C11H14ClNO2.ClH/c12-10-3-1-8(2-4-10)9(5-6-13)7-11(14)15;/h1-4,9H,5-7,13H2,(H,14,15);1H/t9-;/m0./s1. The maximum atomic E-state index is 10.7. The molecule has 0 saturated carbocycles. The molecular formula is C11H15Cl2NO2. The van der Waals surface area contributed by atoms with E-state index >= 15 is 0 Å². The number of hydrogen-bond acceptors (Lipinski definition) is 1. The molecule has 90 valence electrons. The van der Waals surface area contributed by atoms with Gasteiger partial charge in [0.15, 0.2) is 0 Å². The van der Waals surface area contributed by atoms with Crippen molar-refractivity contribution in [2.45, 2.75) is 18.8 Å². The summed E-state index contributed by atoms with van der Waals surface area (Å²) in [7, 11) is 0. The summed E-state index contributed by atoms with van der Waals surface area (Å²) in [5.41, 5.74) is 4.78. The average molecular weight is 264 g/mol. The molecule has 0 saturated heterocycles. The minimum atomic E-state index is -0.775. The second-order valence-electron chi connectivity index (χ2n) is 3.49. The summed E-state index contributed by atoms with van der Waals surface area (Å²) in [6.07, 6.45) is 0.936. The van der Waals surface area contributed by atoms with Crippen molar-refractivity contribution >= 4 is 17.6 Å². The lowest BCUT2D eigenvalue weighted by molar-refractivity contribution is -0.369. The highest BCUT2D eigenvalue weighted by atomic mass is 35.5. The summed E-state index contributed by atoms with van der Waals surface area (Å²) >= 11 is 5.77. The van der Waals surface area contributed by atoms with Gasteiger partial charge in [0, 0.05) is 11.4 Å². The molecule has 1 rings (SSSR count). The third-order valence-electron chi connectivity index (χ3n) is 2.32. The second kappa shape index (κ2) is 7.49. The van der Waals surface area contributed by atoms with Crippen LogP contribution in [0.1, 0.15) is 24.3 Å². The Morgan fingerprint density at radius 2 is 1.94 bits per heavy atom. The fourth-order valence-electron chi connectivity index (χ4n) is 1.58. The molecule has 0 bridgehead atoms. The Bertz CT molecular complexity index is 327. The SMILES string of the molecule is [Cl-].[NH3+]CC[C@@H](CC(=O)O)c1ccc(Cl)cc1. The summed E-state index contributed by atoms with van der Waals surface area (Å²) < 4.78 is 0. The van der Waals surface area contributed by atoms with Crippen molar-refractivity contribution in [2.75, 3.05) is 6.54 Å². The van der Waals surface area contributed by atoms with Gasteiger partial charge in [-0.25, -0.2) is 0 Å². The number of carboxylic acids is 1. The van der Waals surface area contributed by atoms with Crippen LogP contribution in [0.3, 0.4) is 0 Å². The monoisotopic (exact) mass is 263 g/mol. The van der Waals surface area contributed by atoms with E-state index in [4.69, 9.17) is 16.7 Å². The van der Waals surface area contributed by atoms with Crippen molar-refractivity contribution < 1.29 is 28.0 Å². The molecule has 0 aliphatic heterocycles. The Hall–Kier alpha value is -0.770. The van der Waals surface area contributed by atoms with Crippen LogP contribution in [0.15, 0.2) is 24.3 Å². The van der Waals surface area contributed by atoms with E-state index in [1.165, 1.54) is 0 Å². The van der Waals surface area contributed by atoms with Crippen molar-refractivity contribution in [3.63, 3.8) is 0 Å². The molecule has 0 heterocycles. The first-order valence-electron chi connectivity index (χ1n) is 4.90. The van der Waals surface area contributed by atoms with Gasteiger partial charge in [0.25, 0.3) is 0 Å². The van der Waals surface area contributed by atoms with Gasteiger partial charge < -0.3 is 23.2 Å². The molecule has 0 aliphatic rings. The fourth-order valence-corrected chi connectivity index (χ4v) is 1.70. The van der Waals surface area contributed by atoms with E-state index in [2.05, 4.69) is 5.73 Å². The minimum Gasteiger partial charge on any atom is -1.00 e. The zero-order valence-electron chi connectivity index (χ0n) is 8.83. The van der Waals surface area contributed by atoms with Crippen molar-refractivity contribution in [1.29, 1.82) is 0 Å². The Kier molecular flexibility index (Phi) is 7.13. The number of halogens is 2. The maximum Gasteiger partial charge on any atom is 0.303 e. The highest BCUT2D eigenvalue weighted by molar-refractivity contribution is 6.30. The lowest BCUT2D eigenvalue weighted by Gasteiger charge is -2.13. The number of aliphatic carboxylic acids is 1. The third-order valence-corrected chi connectivity index (χ3v) is 2.57. The van der Waals surface area contributed by atoms with Crippen molar-refractivity contribution in [1.82, 2.24) is 0 Å². The van der Waals surface area contributed by atoms with Gasteiger partial charge in [0.05, 0.1) is 13.0 Å². The van der Waals surface area contributed by atoms with Gasteiger partial charge in [0.2, 0.25) is 0 Å². The van der Waals surface area contributed by atoms with Crippen LogP contribution in [0.5, 0.6) is 0 Å². The molecule has 1 aromatic rings. The molecule has 0 fully saturated rings. The van der Waals surface area contributed by atoms with Gasteiger partial charge >= 0.3 is 5.97 Å². The first kappa shape index (κ1) is 15.2. The zero-order chi connectivity index (χ0) is 11.3. The van der Waals surface area contributed by atoms with Crippen molar-refractivity contribution in [3.8, 4) is 0 Å². The van der Waals surface area contributed by atoms with E-state index in [9.17, 15) is 4.79 Å². The van der Waals surface area contributed by atoms with Crippen LogP contribution in [0.25, 0.3) is 0 Å². The molecule has 4 N–H and O–H groups in total. The molecule has 1 atom stereocenters. The van der Waals surface area contributed by atoms with Crippen molar-refractivity contribution in [2.24, 2.45) is 0 Å². The third kappa shape index (κ3) is 4.84. The smallest absolute Gasteiger partial charge is 0.303 e. The maximum absolute atomic E-state index is 10.7. The first-order chi connectivity index (χ1) is 7.13. The van der Waals surface area contributed by atoms with Gasteiger partial charge in [0.1, 0.15) is 0 Å². The molecule has 16 heavy (non-hydrogen) atoms. The summed E-state index contributed by atoms with van der Waals surface area (Å²) in [6.45, 7) is 0.737. The molecule has 0 unspecified atom stereocenters. The molecule has 0 spiro atoms. The van der Waals surface area contributed by atoms with E-state index in [-0.39, 0.29) is 24.7 Å². The number of carboxylic acid groups (broad SMARTS) is 1. The minimum absolute atomic E-state index is 0. The summed E-state index contributed by atoms with van der Waals surface area (Å²) in [4.78, 5) is 10.7. The molecule has 3 nitrogen and oxygen atoms in total. The van der Waals surface area contributed by atoms with E-state index < -0.39 is 5.97 Å². The van der Waals surface area contributed by atoms with Crippen LogP contribution in [-0.2, 0) is 4.79 Å². The van der Waals surface area contributed by atoms with E-state index in [0.717, 1.165) is 18.5 Å². The highest BCUT2D eigenvalue weighted by Crippen LogP contribution is 2.24. The quantitative estimate of drug-likeness (QED) is 0.682. The highest BCUT2D eigenvalue weighted by Gasteiger charge is 2.15. The van der Waals surface area contributed by atoms with Gasteiger partial charge in [-0.3, -0.25) is 4.79 Å². The Balaban J connectivity index is 0.00000225. The second-order valence-corrected chi connectivity index (χ2v) is 3.93. The first-order valence-corrected chi connectivity index (χ1v) is 5.27. The molecule has 0 radical (unpaired) electrons. The summed E-state index contributed by atoms with van der Waals surface area (Å²) in [5.74, 6) is -0.735. The van der Waals surface area contributed by atoms with E-state index in [1.807, 2.05) is 12.1 Å². The molecule has 0 amide bonds. The van der Waals surface area contributed by atoms with Gasteiger partial charge in [-0.2, -0.15) is 0 Å². The number of benzene rings is 1. The topological polar surface area (TPSA) is 64.9 Å². The van der Waals surface area contributed by atoms with Crippen LogP contribution in [0, 0.1) is 0 Å². The molecule has 5 heteroatoms. The van der Waals surface area contributed by atoms with Crippen LogP contribution in [-0.4, -0.2) is 17.6 Å². The lowest BCUT2D eigenvalue weighted by Crippen LogP contribution is -3.00. The fraction of sp³-hybridized carbons (Fsp3) is 0.364. The predicted molar refractivity (Wildman–Crippen MR) is 58.8 cm³/mol. The number of rotatable bonds is 5. The van der Waals surface area contributed by atoms with Gasteiger partial charge in [-0.15, -0.1) is 0 Å². The van der Waals surface area contributed by atoms with Crippen LogP contribution in [0.2, 0.25) is 5.02 Å². The number of quaternary nitrogens is 1. The molecular weight excluding hydrogens is 249 g/mol. The number of hydrogen-bond donors (Lipinski definition) is 2. The van der Waals surface area contributed by atoms with Gasteiger partial charge in [-0.1, -0.05) is 23.7 Å². The predicted octanol–water partition coefficient (Wildman–Crippen LogP) is -1.47. The summed E-state index contributed by atoms with van der Waals surface area (Å²) in [6, 6.07) is 7.33. The number of carbonyl (C=O) groups is 1. The largest absolute Gasteiger partial charge is 1.00 e. The van der Waals surface area contributed by atoms with E-state index in [1.54, 1.807) is 12.1 Å². The van der Waals surface area contributed by atoms with E-state index in [0.29, 0.717) is 5.02 Å². The zero-order valence-corrected chi connectivity index (χ0v) is 10.3. The lowest BCUT2D eigenvalue weighted by atomic mass is 9.93.